The maximum atomic E-state index is 15.0. The van der Waals surface area contributed by atoms with Crippen molar-refractivity contribution >= 4 is 24.0 Å². The first kappa shape index (κ1) is 20.7. The molecule has 3 atom stereocenters. The summed E-state index contributed by atoms with van der Waals surface area (Å²) < 4.78 is 17.2. The predicted molar refractivity (Wildman–Crippen MR) is 135 cm³/mol. The molecule has 0 bridgehead atoms. The van der Waals surface area contributed by atoms with Crippen molar-refractivity contribution in [3.05, 3.63) is 138 Å². The predicted octanol–water partition coefficient (Wildman–Crippen LogP) is 6.36. The lowest BCUT2D eigenvalue weighted by molar-refractivity contribution is 0.557. The summed E-state index contributed by atoms with van der Waals surface area (Å²) in [7, 11) is -3.02. The molecule has 158 valence electrons. The van der Waals surface area contributed by atoms with Gasteiger partial charge in [0.25, 0.3) is 0 Å². The van der Waals surface area contributed by atoms with Crippen molar-refractivity contribution in [1.82, 2.24) is 4.67 Å². The summed E-state index contributed by atoms with van der Waals surface area (Å²) in [5, 5.41) is 1.75. The number of hydrogen-bond acceptors (Lipinski definition) is 1. The van der Waals surface area contributed by atoms with E-state index in [1.807, 2.05) is 78.9 Å². The van der Waals surface area contributed by atoms with Crippen LogP contribution in [0.25, 0.3) is 6.08 Å². The SMILES string of the molecule is Cc1ccccc1[C@@H]1[C@@H](/C=C/c2ccccc2)N1P(=O)(c1ccccc1)c1ccccc1. The monoisotopic (exact) mass is 435 g/mol. The van der Waals surface area contributed by atoms with Gasteiger partial charge in [0.1, 0.15) is 0 Å². The molecule has 0 N–H and O–H groups in total. The van der Waals surface area contributed by atoms with E-state index in [4.69, 9.17) is 0 Å². The van der Waals surface area contributed by atoms with Gasteiger partial charge in [-0.15, -0.1) is 0 Å². The third-order valence-electron chi connectivity index (χ3n) is 6.15. The third-order valence-corrected chi connectivity index (χ3v) is 9.32. The summed E-state index contributed by atoms with van der Waals surface area (Å²) in [6, 6.07) is 38.8. The minimum absolute atomic E-state index is 0.0579. The fourth-order valence-corrected chi connectivity index (χ4v) is 7.60. The van der Waals surface area contributed by atoms with Crippen molar-refractivity contribution in [1.29, 1.82) is 0 Å². The molecular formula is C29H26NOP. The van der Waals surface area contributed by atoms with Crippen LogP contribution in [0.3, 0.4) is 0 Å². The Morgan fingerprint density at radius 3 is 1.75 bits per heavy atom. The van der Waals surface area contributed by atoms with E-state index in [1.165, 1.54) is 11.1 Å². The van der Waals surface area contributed by atoms with E-state index in [0.717, 1.165) is 16.2 Å². The molecule has 0 amide bonds. The van der Waals surface area contributed by atoms with Crippen LogP contribution in [0, 0.1) is 6.92 Å². The van der Waals surface area contributed by atoms with Gasteiger partial charge < -0.3 is 0 Å². The Hall–Kier alpha value is -3.19. The van der Waals surface area contributed by atoms with Crippen LogP contribution in [-0.2, 0) is 4.57 Å². The average molecular weight is 436 g/mol. The molecule has 2 nitrogen and oxygen atoms in total. The standard InChI is InChI=1S/C29H26NOP/c1-23-13-11-12-20-27(23)29-28(22-21-24-14-5-2-6-15-24)30(29)32(31,25-16-7-3-8-17-25)26-18-9-4-10-19-26/h2-22,28-29H,1H3/b22-21+/t28-,29-,30?/m1/s1. The van der Waals surface area contributed by atoms with Gasteiger partial charge in [-0.05, 0) is 47.9 Å². The number of hydrogen-bond donors (Lipinski definition) is 0. The second-order valence-corrected chi connectivity index (χ2v) is 10.8. The summed E-state index contributed by atoms with van der Waals surface area (Å²) in [4.78, 5) is 0. The molecule has 3 heteroatoms. The van der Waals surface area contributed by atoms with Crippen molar-refractivity contribution in [2.75, 3.05) is 0 Å². The van der Waals surface area contributed by atoms with Gasteiger partial charge in [0.2, 0.25) is 7.29 Å². The molecule has 1 heterocycles. The van der Waals surface area contributed by atoms with Gasteiger partial charge in [0, 0.05) is 10.6 Å². The zero-order valence-corrected chi connectivity index (χ0v) is 19.0. The summed E-state index contributed by atoms with van der Waals surface area (Å²) in [6.07, 6.45) is 4.36. The van der Waals surface area contributed by atoms with Crippen LogP contribution in [0.5, 0.6) is 0 Å². The maximum absolute atomic E-state index is 15.0. The lowest BCUT2D eigenvalue weighted by Gasteiger charge is -2.22. The summed E-state index contributed by atoms with van der Waals surface area (Å²) >= 11 is 0. The molecule has 0 saturated carbocycles. The molecule has 1 unspecified atom stereocenters. The summed E-state index contributed by atoms with van der Waals surface area (Å²) in [6.45, 7) is 2.14. The fourth-order valence-electron chi connectivity index (χ4n) is 4.49. The molecule has 1 saturated heterocycles. The number of benzene rings is 4. The van der Waals surface area contributed by atoms with Crippen molar-refractivity contribution in [3.63, 3.8) is 0 Å². The first-order valence-corrected chi connectivity index (χ1v) is 12.6. The van der Waals surface area contributed by atoms with Crippen LogP contribution in [0.1, 0.15) is 22.7 Å². The Bertz CT molecular complexity index is 1220. The average Bonchev–Trinajstić information content (AvgIpc) is 3.59. The van der Waals surface area contributed by atoms with Crippen LogP contribution < -0.4 is 10.6 Å². The lowest BCUT2D eigenvalue weighted by Crippen LogP contribution is -2.22. The second kappa shape index (κ2) is 8.74. The van der Waals surface area contributed by atoms with Gasteiger partial charge >= 0.3 is 0 Å². The van der Waals surface area contributed by atoms with E-state index in [1.54, 1.807) is 0 Å². The normalized spacial score (nSPS) is 20.3. The van der Waals surface area contributed by atoms with E-state index >= 15 is 0 Å². The Morgan fingerprint density at radius 2 is 1.19 bits per heavy atom. The maximum Gasteiger partial charge on any atom is 0.208 e. The highest BCUT2D eigenvalue weighted by Gasteiger charge is 2.57. The highest BCUT2D eigenvalue weighted by molar-refractivity contribution is 7.76. The van der Waals surface area contributed by atoms with Crippen LogP contribution in [0.15, 0.2) is 121 Å². The van der Waals surface area contributed by atoms with Gasteiger partial charge in [-0.2, -0.15) is 0 Å². The van der Waals surface area contributed by atoms with Gasteiger partial charge in [-0.3, -0.25) is 4.57 Å². The largest absolute Gasteiger partial charge is 0.296 e. The van der Waals surface area contributed by atoms with Gasteiger partial charge in [0.15, 0.2) is 0 Å². The Labute approximate surface area is 190 Å². The highest BCUT2D eigenvalue weighted by atomic mass is 31.2. The first-order valence-electron chi connectivity index (χ1n) is 11.0. The zero-order valence-electron chi connectivity index (χ0n) is 18.1. The molecule has 1 aliphatic rings. The summed E-state index contributed by atoms with van der Waals surface area (Å²) in [5.74, 6) is 0. The molecule has 0 aromatic heterocycles. The Morgan fingerprint density at radius 1 is 0.688 bits per heavy atom. The van der Waals surface area contributed by atoms with E-state index < -0.39 is 7.29 Å². The molecule has 1 fully saturated rings. The quantitative estimate of drug-likeness (QED) is 0.259. The zero-order chi connectivity index (χ0) is 22.0. The van der Waals surface area contributed by atoms with Crippen molar-refractivity contribution in [3.8, 4) is 0 Å². The smallest absolute Gasteiger partial charge is 0.208 e. The molecule has 0 radical (unpaired) electrons. The lowest BCUT2D eigenvalue weighted by atomic mass is 10.0. The molecular weight excluding hydrogens is 409 g/mol. The molecule has 0 aliphatic carbocycles. The van der Waals surface area contributed by atoms with E-state index in [9.17, 15) is 4.57 Å². The molecule has 4 aromatic rings. The van der Waals surface area contributed by atoms with E-state index in [0.29, 0.717) is 0 Å². The fraction of sp³-hybridized carbons (Fsp3) is 0.103. The molecule has 0 spiro atoms. The van der Waals surface area contributed by atoms with E-state index in [-0.39, 0.29) is 12.1 Å². The Balaban J connectivity index is 1.63. The molecule has 5 rings (SSSR count). The molecule has 1 aliphatic heterocycles. The number of rotatable bonds is 6. The molecule has 32 heavy (non-hydrogen) atoms. The minimum atomic E-state index is -3.02. The Kier molecular flexibility index (Phi) is 5.66. The van der Waals surface area contributed by atoms with Gasteiger partial charge in [-0.1, -0.05) is 103 Å². The van der Waals surface area contributed by atoms with E-state index in [2.05, 4.69) is 60.1 Å². The number of aryl methyl sites for hydroxylation is 1. The van der Waals surface area contributed by atoms with Crippen LogP contribution in [0.2, 0.25) is 0 Å². The van der Waals surface area contributed by atoms with Crippen molar-refractivity contribution in [2.45, 2.75) is 19.0 Å². The van der Waals surface area contributed by atoms with Gasteiger partial charge in [-0.25, -0.2) is 4.67 Å². The number of nitrogens with zero attached hydrogens (tertiary/aromatic N) is 1. The highest BCUT2D eigenvalue weighted by Crippen LogP contribution is 2.65. The van der Waals surface area contributed by atoms with Crippen LogP contribution in [0.4, 0.5) is 0 Å². The third kappa shape index (κ3) is 3.77. The topological polar surface area (TPSA) is 20.1 Å². The second-order valence-electron chi connectivity index (χ2n) is 8.19. The van der Waals surface area contributed by atoms with Gasteiger partial charge in [0.05, 0.1) is 12.1 Å². The van der Waals surface area contributed by atoms with Crippen LogP contribution >= 0.6 is 7.29 Å². The molecule has 4 aromatic carbocycles. The minimum Gasteiger partial charge on any atom is -0.296 e. The van der Waals surface area contributed by atoms with Crippen molar-refractivity contribution in [2.24, 2.45) is 0 Å². The summed E-state index contributed by atoms with van der Waals surface area (Å²) in [5.41, 5.74) is 3.62. The first-order chi connectivity index (χ1) is 15.7. The van der Waals surface area contributed by atoms with Crippen LogP contribution in [-0.4, -0.2) is 10.7 Å². The van der Waals surface area contributed by atoms with Crippen molar-refractivity contribution < 1.29 is 4.57 Å².